The van der Waals surface area contributed by atoms with Crippen molar-refractivity contribution in [3.63, 3.8) is 0 Å². The summed E-state index contributed by atoms with van der Waals surface area (Å²) in [5.41, 5.74) is 1.98. The number of carbonyl (C=O) groups excluding carboxylic acids is 1. The Morgan fingerprint density at radius 3 is 2.50 bits per heavy atom. The van der Waals surface area contributed by atoms with Crippen LogP contribution >= 0.6 is 0 Å². The lowest BCUT2D eigenvalue weighted by atomic mass is 10.0. The first-order chi connectivity index (χ1) is 10.6. The zero-order valence-corrected chi connectivity index (χ0v) is 12.0. The van der Waals surface area contributed by atoms with Crippen LogP contribution in [0.3, 0.4) is 0 Å². The highest BCUT2D eigenvalue weighted by Gasteiger charge is 2.38. The largest absolute Gasteiger partial charge is 0.497 e. The molecule has 1 aliphatic heterocycles. The molecule has 5 nitrogen and oxygen atoms in total. The Balaban J connectivity index is 2.04. The quantitative estimate of drug-likeness (QED) is 0.942. The molecule has 1 N–H and O–H groups in total. The van der Waals surface area contributed by atoms with E-state index in [9.17, 15) is 14.7 Å². The number of anilines is 1. The maximum absolute atomic E-state index is 12.6. The predicted octanol–water partition coefficient (Wildman–Crippen LogP) is 2.87. The molecule has 0 bridgehead atoms. The van der Waals surface area contributed by atoms with Crippen molar-refractivity contribution in [2.45, 2.75) is 12.5 Å². The molecular weight excluding hydrogens is 282 g/mol. The first kappa shape index (κ1) is 14.1. The minimum atomic E-state index is -0.937. The van der Waals surface area contributed by atoms with Crippen molar-refractivity contribution in [2.75, 3.05) is 12.0 Å². The predicted molar refractivity (Wildman–Crippen MR) is 81.2 cm³/mol. The lowest BCUT2D eigenvalue weighted by Gasteiger charge is -2.24. The van der Waals surface area contributed by atoms with Crippen molar-refractivity contribution in [3.8, 4) is 5.75 Å². The summed E-state index contributed by atoms with van der Waals surface area (Å²) in [6, 6.07) is 13.7. The molecule has 2 aromatic carbocycles. The summed E-state index contributed by atoms with van der Waals surface area (Å²) in [4.78, 5) is 25.4. The van der Waals surface area contributed by atoms with Gasteiger partial charge in [0.2, 0.25) is 0 Å². The molecule has 0 saturated heterocycles. The number of carboxylic acid groups (broad SMARTS) is 1. The first-order valence-electron chi connectivity index (χ1n) is 6.90. The molecule has 1 heterocycles. The summed E-state index contributed by atoms with van der Waals surface area (Å²) in [5, 5.41) is 9.17. The van der Waals surface area contributed by atoms with Crippen LogP contribution in [0.4, 0.5) is 5.69 Å². The van der Waals surface area contributed by atoms with E-state index >= 15 is 0 Å². The molecular formula is C17H15NO4. The fraction of sp³-hybridized carbons (Fsp3) is 0.176. The number of carboxylic acids is 1. The standard InChI is InChI=1S/C17H15NO4/c1-22-12-8-6-11(7-9-12)18-15(10-16(19)20)13-4-2-3-5-14(13)17(18)21/h2-9,15H,10H2,1H3,(H,19,20). The van der Waals surface area contributed by atoms with Gasteiger partial charge in [-0.2, -0.15) is 0 Å². The fourth-order valence-electron chi connectivity index (χ4n) is 2.80. The minimum Gasteiger partial charge on any atom is -0.497 e. The van der Waals surface area contributed by atoms with Crippen LogP contribution < -0.4 is 9.64 Å². The van der Waals surface area contributed by atoms with Gasteiger partial charge in [-0.25, -0.2) is 0 Å². The summed E-state index contributed by atoms with van der Waals surface area (Å²) in [6.07, 6.45) is -0.130. The molecule has 0 aliphatic carbocycles. The Hall–Kier alpha value is -2.82. The number of ether oxygens (including phenoxy) is 1. The molecule has 22 heavy (non-hydrogen) atoms. The van der Waals surface area contributed by atoms with Crippen molar-refractivity contribution in [2.24, 2.45) is 0 Å². The van der Waals surface area contributed by atoms with Crippen LogP contribution in [-0.4, -0.2) is 24.1 Å². The third kappa shape index (κ3) is 2.30. The van der Waals surface area contributed by atoms with E-state index in [1.807, 2.05) is 12.1 Å². The SMILES string of the molecule is COc1ccc(N2C(=O)c3ccccc3C2CC(=O)O)cc1. The molecule has 3 rings (SSSR count). The molecule has 1 amide bonds. The second kappa shape index (κ2) is 5.52. The number of hydrogen-bond acceptors (Lipinski definition) is 3. The summed E-state index contributed by atoms with van der Waals surface area (Å²) >= 11 is 0. The van der Waals surface area contributed by atoms with E-state index in [0.717, 1.165) is 5.56 Å². The van der Waals surface area contributed by atoms with Gasteiger partial charge in [-0.15, -0.1) is 0 Å². The monoisotopic (exact) mass is 297 g/mol. The molecule has 1 aliphatic rings. The van der Waals surface area contributed by atoms with E-state index in [1.54, 1.807) is 43.5 Å². The van der Waals surface area contributed by atoms with E-state index in [2.05, 4.69) is 0 Å². The normalized spacial score (nSPS) is 16.5. The molecule has 0 saturated carbocycles. The number of aliphatic carboxylic acids is 1. The van der Waals surface area contributed by atoms with Crippen LogP contribution in [0, 0.1) is 0 Å². The molecule has 0 aromatic heterocycles. The zero-order chi connectivity index (χ0) is 15.7. The van der Waals surface area contributed by atoms with Crippen LogP contribution in [-0.2, 0) is 4.79 Å². The number of rotatable bonds is 4. The van der Waals surface area contributed by atoms with Gasteiger partial charge in [0.1, 0.15) is 5.75 Å². The Morgan fingerprint density at radius 2 is 1.86 bits per heavy atom. The van der Waals surface area contributed by atoms with Crippen LogP contribution in [0.2, 0.25) is 0 Å². The van der Waals surface area contributed by atoms with Gasteiger partial charge in [0, 0.05) is 11.3 Å². The number of carbonyl (C=O) groups is 2. The van der Waals surface area contributed by atoms with E-state index in [0.29, 0.717) is 17.0 Å². The van der Waals surface area contributed by atoms with Crippen LogP contribution in [0.25, 0.3) is 0 Å². The third-order valence-electron chi connectivity index (χ3n) is 3.80. The molecule has 1 atom stereocenters. The molecule has 5 heteroatoms. The lowest BCUT2D eigenvalue weighted by molar-refractivity contribution is -0.137. The summed E-state index contributed by atoms with van der Waals surface area (Å²) < 4.78 is 5.11. The van der Waals surface area contributed by atoms with Gasteiger partial charge in [-0.05, 0) is 35.9 Å². The second-order valence-electron chi connectivity index (χ2n) is 5.07. The van der Waals surface area contributed by atoms with E-state index in [-0.39, 0.29) is 12.3 Å². The number of hydrogen-bond donors (Lipinski definition) is 1. The highest BCUT2D eigenvalue weighted by Crippen LogP contribution is 2.39. The molecule has 1 unspecified atom stereocenters. The Morgan fingerprint density at radius 1 is 1.18 bits per heavy atom. The molecule has 0 radical (unpaired) electrons. The van der Waals surface area contributed by atoms with Gasteiger partial charge in [0.25, 0.3) is 5.91 Å². The van der Waals surface area contributed by atoms with Gasteiger partial charge < -0.3 is 14.7 Å². The van der Waals surface area contributed by atoms with Crippen LogP contribution in [0.5, 0.6) is 5.75 Å². The van der Waals surface area contributed by atoms with Crippen molar-refractivity contribution in [1.82, 2.24) is 0 Å². The Labute approximate surface area is 127 Å². The summed E-state index contributed by atoms with van der Waals surface area (Å²) in [7, 11) is 1.57. The average Bonchev–Trinajstić information content (AvgIpc) is 2.80. The Bertz CT molecular complexity index is 724. The molecule has 0 spiro atoms. The minimum absolute atomic E-state index is 0.130. The number of benzene rings is 2. The van der Waals surface area contributed by atoms with E-state index < -0.39 is 12.0 Å². The lowest BCUT2D eigenvalue weighted by Crippen LogP contribution is -2.29. The Kier molecular flexibility index (Phi) is 3.55. The highest BCUT2D eigenvalue weighted by molar-refractivity contribution is 6.11. The van der Waals surface area contributed by atoms with Crippen molar-refractivity contribution in [1.29, 1.82) is 0 Å². The van der Waals surface area contributed by atoms with Crippen LogP contribution in [0.1, 0.15) is 28.4 Å². The van der Waals surface area contributed by atoms with Gasteiger partial charge in [0.15, 0.2) is 0 Å². The average molecular weight is 297 g/mol. The van der Waals surface area contributed by atoms with Gasteiger partial charge in [-0.1, -0.05) is 18.2 Å². The van der Waals surface area contributed by atoms with E-state index in [1.165, 1.54) is 4.90 Å². The third-order valence-corrected chi connectivity index (χ3v) is 3.80. The number of methoxy groups -OCH3 is 1. The smallest absolute Gasteiger partial charge is 0.305 e. The van der Waals surface area contributed by atoms with Gasteiger partial charge in [-0.3, -0.25) is 9.59 Å². The molecule has 0 fully saturated rings. The number of amides is 1. The second-order valence-corrected chi connectivity index (χ2v) is 5.07. The van der Waals surface area contributed by atoms with Crippen molar-refractivity contribution < 1.29 is 19.4 Å². The topological polar surface area (TPSA) is 66.8 Å². The van der Waals surface area contributed by atoms with Gasteiger partial charge in [0.05, 0.1) is 19.6 Å². The number of nitrogens with zero attached hydrogens (tertiary/aromatic N) is 1. The first-order valence-corrected chi connectivity index (χ1v) is 6.90. The van der Waals surface area contributed by atoms with E-state index in [4.69, 9.17) is 4.74 Å². The maximum Gasteiger partial charge on any atom is 0.305 e. The molecule has 112 valence electrons. The van der Waals surface area contributed by atoms with Crippen molar-refractivity contribution >= 4 is 17.6 Å². The molecule has 2 aromatic rings. The maximum atomic E-state index is 12.6. The summed E-state index contributed by atoms with van der Waals surface area (Å²) in [6.45, 7) is 0. The zero-order valence-electron chi connectivity index (χ0n) is 12.0. The van der Waals surface area contributed by atoms with Gasteiger partial charge >= 0.3 is 5.97 Å². The summed E-state index contributed by atoms with van der Waals surface area (Å²) in [5.74, 6) is -0.428. The number of fused-ring (bicyclic) bond motifs is 1. The van der Waals surface area contributed by atoms with Crippen LogP contribution in [0.15, 0.2) is 48.5 Å². The fourth-order valence-corrected chi connectivity index (χ4v) is 2.80. The van der Waals surface area contributed by atoms with Crippen molar-refractivity contribution in [3.05, 3.63) is 59.7 Å². The highest BCUT2D eigenvalue weighted by atomic mass is 16.5.